The molecule has 0 aliphatic carbocycles. The van der Waals surface area contributed by atoms with Gasteiger partial charge in [0, 0.05) is 87.7 Å². The van der Waals surface area contributed by atoms with Gasteiger partial charge in [-0.3, -0.25) is 28.8 Å². The van der Waals surface area contributed by atoms with Crippen LogP contribution in [-0.4, -0.2) is 239 Å². The van der Waals surface area contributed by atoms with Crippen LogP contribution in [0.25, 0.3) is 0 Å². The van der Waals surface area contributed by atoms with E-state index in [4.69, 9.17) is 28.4 Å². The molecule has 6 unspecified atom stereocenters. The molecule has 3 heterocycles. The van der Waals surface area contributed by atoms with Crippen molar-refractivity contribution < 1.29 is 103 Å². The van der Waals surface area contributed by atoms with Gasteiger partial charge < -0.3 is 106 Å². The van der Waals surface area contributed by atoms with Gasteiger partial charge in [0.1, 0.15) is 42.4 Å². The molecule has 0 aromatic heterocycles. The van der Waals surface area contributed by atoms with E-state index in [0.29, 0.717) is 64.3 Å². The van der Waals surface area contributed by atoms with Crippen LogP contribution in [-0.2, 0) is 57.2 Å². The van der Waals surface area contributed by atoms with Gasteiger partial charge in [0.2, 0.25) is 29.5 Å². The zero-order valence-corrected chi connectivity index (χ0v) is 48.0. The van der Waals surface area contributed by atoms with Crippen molar-refractivity contribution >= 4 is 35.3 Å². The summed E-state index contributed by atoms with van der Waals surface area (Å²) in [6, 6.07) is -0.0487. The number of rotatable bonds is 40. The minimum atomic E-state index is -1.26. The summed E-state index contributed by atoms with van der Waals surface area (Å²) in [5.74, 6) is -3.09. The van der Waals surface area contributed by atoms with Gasteiger partial charge in [0.15, 0.2) is 18.9 Å². The van der Waals surface area contributed by atoms with Gasteiger partial charge in [-0.2, -0.15) is 0 Å². The van der Waals surface area contributed by atoms with E-state index in [-0.39, 0.29) is 126 Å². The number of ketones is 1. The highest BCUT2D eigenvalue weighted by atomic mass is 16.7. The van der Waals surface area contributed by atoms with Crippen molar-refractivity contribution in [2.24, 2.45) is 17.8 Å². The molecule has 0 aromatic rings. The maximum atomic E-state index is 13.3. The molecule has 470 valence electrons. The Hall–Kier alpha value is -3.62. The van der Waals surface area contributed by atoms with Crippen LogP contribution in [0.5, 0.6) is 0 Å². The van der Waals surface area contributed by atoms with Crippen molar-refractivity contribution in [3.05, 3.63) is 0 Å². The molecular weight excluding hydrogens is 1070 g/mol. The number of Topliss-reactive ketones (excluding diaryl/α,β-unsaturated/α-hetero) is 1. The number of aliphatic hydroxyl groups excluding tert-OH is 9. The zero-order chi connectivity index (χ0) is 60.1. The molecule has 81 heavy (non-hydrogen) atoms. The lowest BCUT2D eigenvalue weighted by Gasteiger charge is -2.40. The minimum absolute atomic E-state index is 0.00936. The van der Waals surface area contributed by atoms with E-state index in [9.17, 15) is 74.7 Å². The molecular formula is C54H98N6O21. The van der Waals surface area contributed by atoms with E-state index in [1.807, 2.05) is 13.8 Å². The first-order valence-corrected chi connectivity index (χ1v) is 28.9. The Bertz CT molecular complexity index is 1770. The number of unbranched alkanes of at least 4 members (excludes halogenated alkanes) is 1. The predicted octanol–water partition coefficient (Wildman–Crippen LogP) is -3.00. The average Bonchev–Trinajstić information content (AvgIpc) is 3.45. The molecule has 3 rings (SSSR count). The van der Waals surface area contributed by atoms with Crippen molar-refractivity contribution in [3.8, 4) is 0 Å². The number of aliphatic hydroxyl groups is 9. The van der Waals surface area contributed by atoms with Crippen LogP contribution in [0, 0.1) is 17.8 Å². The van der Waals surface area contributed by atoms with Crippen LogP contribution >= 0.6 is 0 Å². The summed E-state index contributed by atoms with van der Waals surface area (Å²) in [6.07, 6.45) is -8.65. The molecule has 3 aliphatic heterocycles. The summed E-state index contributed by atoms with van der Waals surface area (Å²) >= 11 is 0. The lowest BCUT2D eigenvalue weighted by Crippen LogP contribution is -2.55. The summed E-state index contributed by atoms with van der Waals surface area (Å²) in [6.45, 7) is 8.65. The molecule has 3 aliphatic rings. The van der Waals surface area contributed by atoms with Gasteiger partial charge >= 0.3 is 0 Å². The second-order valence-corrected chi connectivity index (χ2v) is 21.9. The fourth-order valence-corrected chi connectivity index (χ4v) is 9.90. The molecule has 0 radical (unpaired) electrons. The summed E-state index contributed by atoms with van der Waals surface area (Å²) in [7, 11) is 0. The Labute approximate surface area is 475 Å². The highest BCUT2D eigenvalue weighted by Crippen LogP contribution is 2.31. The van der Waals surface area contributed by atoms with Crippen molar-refractivity contribution in [2.75, 3.05) is 72.4 Å². The predicted molar refractivity (Wildman–Crippen MR) is 289 cm³/mol. The third-order valence-electron chi connectivity index (χ3n) is 15.0. The number of carbonyl (C=O) groups is 6. The van der Waals surface area contributed by atoms with Crippen LogP contribution < -0.4 is 31.9 Å². The lowest BCUT2D eigenvalue weighted by atomic mass is 9.82. The SMILES string of the molecule is CC(C)NC(CCCC(=O)CCCCNC(=O)CCO[C@@H]1OC(CO)[C@H](O)[C@H](O)C1C)(CCC(=O)NCCCNC(=O)CCO[C@@H]1OC(CO)[C@H](O)[C@H](O)C1C)CCC(=O)NCCCNC(=O)CCO[C@@H]1OC(CO)[C@H](O)[C@H](O)C1C. The molecule has 15 N–H and O–H groups in total. The van der Waals surface area contributed by atoms with Crippen LogP contribution in [0.3, 0.4) is 0 Å². The molecule has 0 saturated carbocycles. The van der Waals surface area contributed by atoms with E-state index in [0.717, 1.165) is 0 Å². The monoisotopic (exact) mass is 1170 g/mol. The van der Waals surface area contributed by atoms with E-state index in [1.54, 1.807) is 20.8 Å². The summed E-state index contributed by atoms with van der Waals surface area (Å²) in [5.41, 5.74) is -0.708. The molecule has 0 spiro atoms. The van der Waals surface area contributed by atoms with Crippen LogP contribution in [0.4, 0.5) is 0 Å². The van der Waals surface area contributed by atoms with E-state index >= 15 is 0 Å². The molecule has 27 nitrogen and oxygen atoms in total. The Morgan fingerprint density at radius 1 is 0.420 bits per heavy atom. The summed E-state index contributed by atoms with van der Waals surface area (Å²) in [4.78, 5) is 77.1. The Balaban J connectivity index is 1.44. The maximum Gasteiger partial charge on any atom is 0.222 e. The van der Waals surface area contributed by atoms with Gasteiger partial charge in [-0.25, -0.2) is 0 Å². The van der Waals surface area contributed by atoms with E-state index in [1.165, 1.54) is 0 Å². The third kappa shape index (κ3) is 25.6. The Morgan fingerprint density at radius 3 is 1.05 bits per heavy atom. The Morgan fingerprint density at radius 2 is 0.728 bits per heavy atom. The third-order valence-corrected chi connectivity index (χ3v) is 15.0. The highest BCUT2D eigenvalue weighted by molar-refractivity contribution is 5.79. The number of carbonyl (C=O) groups excluding carboxylic acids is 6. The molecule has 15 atom stereocenters. The van der Waals surface area contributed by atoms with E-state index < -0.39 is 117 Å². The van der Waals surface area contributed by atoms with Crippen molar-refractivity contribution in [1.82, 2.24) is 31.9 Å². The summed E-state index contributed by atoms with van der Waals surface area (Å²) < 4.78 is 33.4. The number of hydrogen-bond acceptors (Lipinski definition) is 22. The second-order valence-electron chi connectivity index (χ2n) is 21.9. The molecule has 27 heteroatoms. The number of hydrogen-bond donors (Lipinski definition) is 15. The van der Waals surface area contributed by atoms with Crippen molar-refractivity contribution in [3.63, 3.8) is 0 Å². The number of amides is 5. The highest BCUT2D eigenvalue weighted by Gasteiger charge is 2.45. The van der Waals surface area contributed by atoms with Gasteiger partial charge in [0.05, 0.1) is 77.2 Å². The van der Waals surface area contributed by atoms with Gasteiger partial charge in [-0.15, -0.1) is 0 Å². The molecule has 0 aromatic carbocycles. The zero-order valence-electron chi connectivity index (χ0n) is 48.0. The standard InChI is InChI=1S/C54H98N6O21/c1-32(2)60-54(19-13-40(65)56-22-9-24-58-43(68)16-27-77-52-34(4)46(71)49(74)38(30-62)80-52,20-14-41(66)57-23-10-25-59-44(69)17-28-78-53-35(5)47(72)50(75)39(31-63)81-53)18-8-12-36(64)11-6-7-21-55-42(67)15-26-76-51-33(3)45(70)48(73)37(29-61)79-51/h32-35,37-39,45-53,60-63,70-75H,6-31H2,1-5H3,(H,55,67)(H,56,65)(H,57,66)(H,58,68)(H,59,69)/t33?,34?,35?,37?,38?,39?,45-,46-,47-,48+,49+,50+,51-,52-,53-,54?/m1/s1. The van der Waals surface area contributed by atoms with Crippen LogP contribution in [0.15, 0.2) is 0 Å². The number of nitrogens with one attached hydrogen (secondary N) is 6. The van der Waals surface area contributed by atoms with Crippen LogP contribution in [0.2, 0.25) is 0 Å². The number of ether oxygens (including phenoxy) is 6. The Kier molecular flexibility index (Phi) is 33.9. The first kappa shape index (κ1) is 71.6. The average molecular weight is 1170 g/mol. The topological polar surface area (TPSA) is 412 Å². The fourth-order valence-electron chi connectivity index (χ4n) is 9.90. The molecule has 0 bridgehead atoms. The largest absolute Gasteiger partial charge is 0.394 e. The van der Waals surface area contributed by atoms with Crippen LogP contribution in [0.1, 0.15) is 131 Å². The molecule has 3 saturated heterocycles. The van der Waals surface area contributed by atoms with Crippen molar-refractivity contribution in [2.45, 2.75) is 216 Å². The second kappa shape index (κ2) is 38.4. The quantitative estimate of drug-likeness (QED) is 0.0272. The smallest absolute Gasteiger partial charge is 0.222 e. The van der Waals surface area contributed by atoms with Crippen molar-refractivity contribution in [1.29, 1.82) is 0 Å². The minimum Gasteiger partial charge on any atom is -0.394 e. The first-order chi connectivity index (χ1) is 38.6. The lowest BCUT2D eigenvalue weighted by molar-refractivity contribution is -0.282. The molecule has 5 amide bonds. The normalized spacial score (nSPS) is 29.3. The molecule has 3 fully saturated rings. The van der Waals surface area contributed by atoms with Gasteiger partial charge in [-0.05, 0) is 51.4 Å². The van der Waals surface area contributed by atoms with E-state index in [2.05, 4.69) is 31.9 Å². The van der Waals surface area contributed by atoms with Gasteiger partial charge in [0.25, 0.3) is 0 Å². The first-order valence-electron chi connectivity index (χ1n) is 28.9. The fraction of sp³-hybridized carbons (Fsp3) is 0.889. The van der Waals surface area contributed by atoms with Gasteiger partial charge in [-0.1, -0.05) is 34.6 Å². The maximum absolute atomic E-state index is 13.3. The summed E-state index contributed by atoms with van der Waals surface area (Å²) in [5, 5.41) is 107.